The number of aliphatic hydroxyl groups excluding tert-OH is 1. The van der Waals surface area contributed by atoms with E-state index in [0.29, 0.717) is 5.75 Å². The molecule has 0 bridgehead atoms. The molecule has 3 aromatic rings. The van der Waals surface area contributed by atoms with E-state index in [9.17, 15) is 9.90 Å². The molecule has 0 spiro atoms. The Kier molecular flexibility index (Phi) is 5.72. The Bertz CT molecular complexity index is 975. The Labute approximate surface area is 176 Å². The monoisotopic (exact) mass is 403 g/mol. The van der Waals surface area contributed by atoms with Gasteiger partial charge in [0, 0.05) is 5.92 Å². The van der Waals surface area contributed by atoms with E-state index in [0.717, 1.165) is 11.1 Å². The van der Waals surface area contributed by atoms with Crippen molar-refractivity contribution < 1.29 is 19.4 Å². The molecule has 0 fully saturated rings. The maximum absolute atomic E-state index is 12.5. The van der Waals surface area contributed by atoms with Crippen molar-refractivity contribution in [2.75, 3.05) is 19.8 Å². The molecule has 0 heterocycles. The highest BCUT2D eigenvalue weighted by Crippen LogP contribution is 2.44. The molecule has 3 aromatic carbocycles. The fraction of sp³-hybridized carbons (Fsp3) is 0.240. The predicted molar refractivity (Wildman–Crippen MR) is 116 cm³/mol. The van der Waals surface area contributed by atoms with Crippen molar-refractivity contribution >= 4 is 6.09 Å². The lowest BCUT2D eigenvalue weighted by Crippen LogP contribution is -2.53. The van der Waals surface area contributed by atoms with Crippen LogP contribution in [0.15, 0.2) is 78.9 Å². The summed E-state index contributed by atoms with van der Waals surface area (Å²) in [5, 5.41) is 12.6. The van der Waals surface area contributed by atoms with Crippen LogP contribution in [0.25, 0.3) is 11.1 Å². The van der Waals surface area contributed by atoms with Gasteiger partial charge in [-0.05, 0) is 41.3 Å². The van der Waals surface area contributed by atoms with Crippen molar-refractivity contribution in [1.29, 1.82) is 0 Å². The third-order valence-electron chi connectivity index (χ3n) is 5.40. The summed E-state index contributed by atoms with van der Waals surface area (Å²) in [5.74, 6) is 0.663. The van der Waals surface area contributed by atoms with E-state index >= 15 is 0 Å². The molecule has 154 valence electrons. The van der Waals surface area contributed by atoms with Gasteiger partial charge in [-0.25, -0.2) is 4.79 Å². The number of ether oxygens (including phenoxy) is 2. The molecule has 0 saturated carbocycles. The Morgan fingerprint density at radius 3 is 2.10 bits per heavy atom. The number of aliphatic hydroxyl groups is 1. The summed E-state index contributed by atoms with van der Waals surface area (Å²) >= 11 is 0. The van der Waals surface area contributed by atoms with Gasteiger partial charge in [-0.2, -0.15) is 0 Å². The molecular formula is C25H25NO4. The number of para-hydroxylation sites is 1. The molecule has 5 heteroatoms. The fourth-order valence-corrected chi connectivity index (χ4v) is 3.76. The van der Waals surface area contributed by atoms with Gasteiger partial charge in [-0.15, -0.1) is 0 Å². The van der Waals surface area contributed by atoms with E-state index < -0.39 is 11.6 Å². The average Bonchev–Trinajstić information content (AvgIpc) is 3.11. The Morgan fingerprint density at radius 2 is 1.50 bits per heavy atom. The average molecular weight is 403 g/mol. The molecule has 0 aliphatic heterocycles. The number of hydrogen-bond donors (Lipinski definition) is 2. The third kappa shape index (κ3) is 4.16. The highest BCUT2D eigenvalue weighted by molar-refractivity contribution is 5.79. The lowest BCUT2D eigenvalue weighted by molar-refractivity contribution is 0.0899. The second kappa shape index (κ2) is 8.59. The van der Waals surface area contributed by atoms with Crippen LogP contribution in [0.5, 0.6) is 5.75 Å². The Morgan fingerprint density at radius 1 is 0.933 bits per heavy atom. The molecular weight excluding hydrogens is 378 g/mol. The minimum Gasteiger partial charge on any atom is -0.491 e. The first-order valence-electron chi connectivity index (χ1n) is 10.0. The number of benzene rings is 3. The molecule has 0 saturated heterocycles. The van der Waals surface area contributed by atoms with Crippen LogP contribution < -0.4 is 10.1 Å². The maximum atomic E-state index is 12.5. The highest BCUT2D eigenvalue weighted by Gasteiger charge is 2.31. The van der Waals surface area contributed by atoms with E-state index in [4.69, 9.17) is 9.47 Å². The summed E-state index contributed by atoms with van der Waals surface area (Å²) in [6.45, 7) is 1.79. The number of amides is 1. The van der Waals surface area contributed by atoms with Crippen molar-refractivity contribution in [3.63, 3.8) is 0 Å². The molecule has 0 radical (unpaired) electrons. The van der Waals surface area contributed by atoms with Crippen LogP contribution in [-0.2, 0) is 4.74 Å². The molecule has 0 aromatic heterocycles. The molecule has 30 heavy (non-hydrogen) atoms. The van der Waals surface area contributed by atoms with E-state index in [1.165, 1.54) is 11.1 Å². The summed E-state index contributed by atoms with van der Waals surface area (Å²) in [7, 11) is 0. The lowest BCUT2D eigenvalue weighted by atomic mass is 9.98. The van der Waals surface area contributed by atoms with Gasteiger partial charge < -0.3 is 19.9 Å². The van der Waals surface area contributed by atoms with Crippen LogP contribution in [0.3, 0.4) is 0 Å². The van der Waals surface area contributed by atoms with E-state index in [1.807, 2.05) is 54.6 Å². The lowest BCUT2D eigenvalue weighted by Gasteiger charge is -2.28. The van der Waals surface area contributed by atoms with E-state index in [1.54, 1.807) is 6.92 Å². The summed E-state index contributed by atoms with van der Waals surface area (Å²) in [6, 6.07) is 25.7. The summed E-state index contributed by atoms with van der Waals surface area (Å²) in [4.78, 5) is 12.5. The standard InChI is InChI=1S/C25H25NO4/c1-25(16-27,17-30-18-9-3-2-4-10-18)26-24(28)29-15-23-21-13-7-5-11-19(21)20-12-6-8-14-22(20)23/h2-14,23,27H,15-17H2,1H3,(H,26,28). The van der Waals surface area contributed by atoms with Gasteiger partial charge in [0.05, 0.1) is 12.1 Å². The summed E-state index contributed by atoms with van der Waals surface area (Å²) in [6.07, 6.45) is -0.579. The van der Waals surface area contributed by atoms with Gasteiger partial charge in [0.25, 0.3) is 0 Å². The number of nitrogens with one attached hydrogen (secondary N) is 1. The van der Waals surface area contributed by atoms with Gasteiger partial charge in [0.15, 0.2) is 0 Å². The molecule has 1 atom stereocenters. The second-order valence-electron chi connectivity index (χ2n) is 7.77. The topological polar surface area (TPSA) is 67.8 Å². The SMILES string of the molecule is CC(CO)(COc1ccccc1)NC(=O)OCC1c2ccccc2-c2ccccc21. The molecule has 1 aliphatic carbocycles. The second-order valence-corrected chi connectivity index (χ2v) is 7.77. The van der Waals surface area contributed by atoms with Gasteiger partial charge in [-0.1, -0.05) is 66.7 Å². The Hall–Kier alpha value is -3.31. The zero-order valence-electron chi connectivity index (χ0n) is 16.9. The summed E-state index contributed by atoms with van der Waals surface area (Å²) < 4.78 is 11.3. The van der Waals surface area contributed by atoms with Crippen LogP contribution in [0.4, 0.5) is 4.79 Å². The van der Waals surface area contributed by atoms with Crippen molar-refractivity contribution in [3.05, 3.63) is 90.0 Å². The molecule has 2 N–H and O–H groups in total. The number of carbonyl (C=O) groups excluding carboxylic acids is 1. The van der Waals surface area contributed by atoms with Gasteiger partial charge in [0.2, 0.25) is 0 Å². The molecule has 4 rings (SSSR count). The van der Waals surface area contributed by atoms with E-state index in [2.05, 4.69) is 29.6 Å². The quantitative estimate of drug-likeness (QED) is 0.615. The first-order chi connectivity index (χ1) is 14.6. The number of rotatable bonds is 7. The smallest absolute Gasteiger partial charge is 0.407 e. The van der Waals surface area contributed by atoms with E-state index in [-0.39, 0.29) is 25.7 Å². The highest BCUT2D eigenvalue weighted by atomic mass is 16.5. The van der Waals surface area contributed by atoms with Crippen molar-refractivity contribution in [2.45, 2.75) is 18.4 Å². The molecule has 1 aliphatic rings. The number of hydrogen-bond acceptors (Lipinski definition) is 4. The van der Waals surface area contributed by atoms with Gasteiger partial charge >= 0.3 is 6.09 Å². The molecule has 1 unspecified atom stereocenters. The normalized spacial score (nSPS) is 14.3. The number of fused-ring (bicyclic) bond motifs is 3. The van der Waals surface area contributed by atoms with Crippen molar-refractivity contribution in [1.82, 2.24) is 5.32 Å². The van der Waals surface area contributed by atoms with Gasteiger partial charge in [0.1, 0.15) is 19.0 Å². The maximum Gasteiger partial charge on any atom is 0.407 e. The Balaban J connectivity index is 1.39. The minimum absolute atomic E-state index is 0.0101. The minimum atomic E-state index is -0.960. The molecule has 5 nitrogen and oxygen atoms in total. The molecule has 1 amide bonds. The van der Waals surface area contributed by atoms with Crippen molar-refractivity contribution in [2.24, 2.45) is 0 Å². The third-order valence-corrected chi connectivity index (χ3v) is 5.40. The fourth-order valence-electron chi connectivity index (χ4n) is 3.76. The van der Waals surface area contributed by atoms with Crippen LogP contribution >= 0.6 is 0 Å². The first kappa shape index (κ1) is 20.0. The largest absolute Gasteiger partial charge is 0.491 e. The number of alkyl carbamates (subject to hydrolysis) is 1. The van der Waals surface area contributed by atoms with Gasteiger partial charge in [-0.3, -0.25) is 0 Å². The zero-order chi connectivity index (χ0) is 21.0. The van der Waals surface area contributed by atoms with Crippen LogP contribution in [-0.4, -0.2) is 36.6 Å². The number of carbonyl (C=O) groups is 1. The predicted octanol–water partition coefficient (Wildman–Crippen LogP) is 4.36. The van der Waals surface area contributed by atoms with Crippen molar-refractivity contribution in [3.8, 4) is 16.9 Å². The van der Waals surface area contributed by atoms with Crippen LogP contribution in [0.1, 0.15) is 24.0 Å². The first-order valence-corrected chi connectivity index (χ1v) is 10.0. The van der Waals surface area contributed by atoms with Crippen LogP contribution in [0, 0.1) is 0 Å². The zero-order valence-corrected chi connectivity index (χ0v) is 16.9. The summed E-state index contributed by atoms with van der Waals surface area (Å²) in [5.41, 5.74) is 3.71. The van der Waals surface area contributed by atoms with Crippen LogP contribution in [0.2, 0.25) is 0 Å².